The minimum Gasteiger partial charge on any atom is -0.494 e. The average Bonchev–Trinajstić information content (AvgIpc) is 2.72. The van der Waals surface area contributed by atoms with Crippen molar-refractivity contribution in [2.45, 2.75) is 58.8 Å². The zero-order chi connectivity index (χ0) is 20.9. The number of benzene rings is 2. The number of rotatable bonds is 12. The number of hydrazone groups is 1. The Morgan fingerprint density at radius 3 is 2.41 bits per heavy atom. The summed E-state index contributed by atoms with van der Waals surface area (Å²) in [4.78, 5) is 12.1. The summed E-state index contributed by atoms with van der Waals surface area (Å²) in [6.45, 7) is 4.91. The SMILES string of the molecule is CCCCCCCCCOc1ccc(/C=N\NC(=O)c2ccc(C)cc2)c(Cl)c1. The molecule has 0 saturated carbocycles. The summed E-state index contributed by atoms with van der Waals surface area (Å²) in [6.07, 6.45) is 10.3. The van der Waals surface area contributed by atoms with E-state index in [0.29, 0.717) is 17.2 Å². The van der Waals surface area contributed by atoms with Gasteiger partial charge in [0.25, 0.3) is 5.91 Å². The molecule has 0 aromatic heterocycles. The van der Waals surface area contributed by atoms with Gasteiger partial charge < -0.3 is 4.74 Å². The molecule has 0 bridgehead atoms. The van der Waals surface area contributed by atoms with Crippen LogP contribution in [0.4, 0.5) is 0 Å². The largest absolute Gasteiger partial charge is 0.494 e. The van der Waals surface area contributed by atoms with E-state index in [1.54, 1.807) is 18.2 Å². The normalized spacial score (nSPS) is 11.0. The van der Waals surface area contributed by atoms with Gasteiger partial charge >= 0.3 is 0 Å². The summed E-state index contributed by atoms with van der Waals surface area (Å²) in [5.41, 5.74) is 4.90. The summed E-state index contributed by atoms with van der Waals surface area (Å²) < 4.78 is 5.78. The van der Waals surface area contributed by atoms with Gasteiger partial charge in [-0.15, -0.1) is 0 Å². The third kappa shape index (κ3) is 8.70. The molecule has 1 amide bonds. The number of ether oxygens (including phenoxy) is 1. The van der Waals surface area contributed by atoms with Gasteiger partial charge in [0.15, 0.2) is 0 Å². The van der Waals surface area contributed by atoms with Gasteiger partial charge in [-0.1, -0.05) is 74.7 Å². The van der Waals surface area contributed by atoms with E-state index in [-0.39, 0.29) is 5.91 Å². The Morgan fingerprint density at radius 2 is 1.72 bits per heavy atom. The second kappa shape index (κ2) is 13.0. The molecule has 0 aliphatic rings. The Labute approximate surface area is 179 Å². The summed E-state index contributed by atoms with van der Waals surface area (Å²) in [7, 11) is 0. The maximum Gasteiger partial charge on any atom is 0.271 e. The fraction of sp³-hybridized carbons (Fsp3) is 0.417. The maximum absolute atomic E-state index is 12.1. The van der Waals surface area contributed by atoms with Crippen LogP contribution in [-0.2, 0) is 0 Å². The third-order valence-corrected chi connectivity index (χ3v) is 5.00. The highest BCUT2D eigenvalue weighted by atomic mass is 35.5. The van der Waals surface area contributed by atoms with Crippen LogP contribution in [0.3, 0.4) is 0 Å². The van der Waals surface area contributed by atoms with Crippen LogP contribution in [0.1, 0.15) is 73.4 Å². The van der Waals surface area contributed by atoms with E-state index in [4.69, 9.17) is 16.3 Å². The number of unbranched alkanes of at least 4 members (excludes halogenated alkanes) is 6. The van der Waals surface area contributed by atoms with E-state index in [1.807, 2.05) is 31.2 Å². The molecule has 0 heterocycles. The molecule has 2 aromatic rings. The molecule has 2 aromatic carbocycles. The lowest BCUT2D eigenvalue weighted by atomic mass is 10.1. The average molecular weight is 415 g/mol. The van der Waals surface area contributed by atoms with Crippen LogP contribution in [-0.4, -0.2) is 18.7 Å². The summed E-state index contributed by atoms with van der Waals surface area (Å²) in [6, 6.07) is 12.8. The van der Waals surface area contributed by atoms with Crippen molar-refractivity contribution in [3.63, 3.8) is 0 Å². The number of amides is 1. The summed E-state index contributed by atoms with van der Waals surface area (Å²) in [5, 5.41) is 4.54. The number of carbonyl (C=O) groups excluding carboxylic acids is 1. The van der Waals surface area contributed by atoms with Crippen LogP contribution in [0.25, 0.3) is 0 Å². The molecular formula is C24H31ClN2O2. The van der Waals surface area contributed by atoms with E-state index >= 15 is 0 Å². The first-order chi connectivity index (χ1) is 14.1. The number of hydrogen-bond acceptors (Lipinski definition) is 3. The molecule has 0 aliphatic carbocycles. The first-order valence-electron chi connectivity index (χ1n) is 10.4. The van der Waals surface area contributed by atoms with Crippen molar-refractivity contribution in [2.75, 3.05) is 6.61 Å². The third-order valence-electron chi connectivity index (χ3n) is 4.67. The number of aryl methyl sites for hydroxylation is 1. The molecule has 0 spiro atoms. The Morgan fingerprint density at radius 1 is 1.03 bits per heavy atom. The number of carbonyl (C=O) groups is 1. The maximum atomic E-state index is 12.1. The van der Waals surface area contributed by atoms with Crippen LogP contribution < -0.4 is 10.2 Å². The Hall–Kier alpha value is -2.33. The van der Waals surface area contributed by atoms with Crippen LogP contribution in [0.5, 0.6) is 5.75 Å². The lowest BCUT2D eigenvalue weighted by Gasteiger charge is -2.08. The van der Waals surface area contributed by atoms with Crippen molar-refractivity contribution in [1.29, 1.82) is 0 Å². The van der Waals surface area contributed by atoms with Gasteiger partial charge in [-0.25, -0.2) is 5.43 Å². The molecule has 0 radical (unpaired) electrons. The number of hydrogen-bond donors (Lipinski definition) is 1. The molecule has 0 saturated heterocycles. The molecule has 0 fully saturated rings. The number of nitrogens with one attached hydrogen (secondary N) is 1. The van der Waals surface area contributed by atoms with Gasteiger partial charge in [0.05, 0.1) is 17.8 Å². The minimum atomic E-state index is -0.257. The number of nitrogens with zero attached hydrogens (tertiary/aromatic N) is 1. The summed E-state index contributed by atoms with van der Waals surface area (Å²) >= 11 is 6.31. The molecule has 156 valence electrons. The van der Waals surface area contributed by atoms with Crippen molar-refractivity contribution in [2.24, 2.45) is 5.10 Å². The second-order valence-electron chi connectivity index (χ2n) is 7.22. The zero-order valence-corrected chi connectivity index (χ0v) is 18.2. The monoisotopic (exact) mass is 414 g/mol. The van der Waals surface area contributed by atoms with Crippen molar-refractivity contribution in [3.05, 3.63) is 64.2 Å². The van der Waals surface area contributed by atoms with Crippen molar-refractivity contribution < 1.29 is 9.53 Å². The van der Waals surface area contributed by atoms with Crippen molar-refractivity contribution >= 4 is 23.7 Å². The first-order valence-corrected chi connectivity index (χ1v) is 10.8. The zero-order valence-electron chi connectivity index (χ0n) is 17.4. The molecule has 4 nitrogen and oxygen atoms in total. The van der Waals surface area contributed by atoms with Gasteiger partial charge in [-0.2, -0.15) is 5.10 Å². The molecule has 0 atom stereocenters. The standard InChI is InChI=1S/C24H31ClN2O2/c1-3-4-5-6-7-8-9-16-29-22-15-14-21(23(25)17-22)18-26-27-24(28)20-12-10-19(2)11-13-20/h10-15,17-18H,3-9,16H2,1-2H3,(H,27,28)/b26-18-. The Kier molecular flexibility index (Phi) is 10.3. The van der Waals surface area contributed by atoms with E-state index in [2.05, 4.69) is 17.5 Å². The molecule has 1 N–H and O–H groups in total. The smallest absolute Gasteiger partial charge is 0.271 e. The van der Waals surface area contributed by atoms with E-state index in [0.717, 1.165) is 23.3 Å². The van der Waals surface area contributed by atoms with Crippen LogP contribution in [0, 0.1) is 6.92 Å². The molecular weight excluding hydrogens is 384 g/mol. The lowest BCUT2D eigenvalue weighted by Crippen LogP contribution is -2.17. The van der Waals surface area contributed by atoms with Crippen LogP contribution >= 0.6 is 11.6 Å². The highest BCUT2D eigenvalue weighted by molar-refractivity contribution is 6.33. The predicted molar refractivity (Wildman–Crippen MR) is 121 cm³/mol. The van der Waals surface area contributed by atoms with E-state index in [1.165, 1.54) is 44.7 Å². The van der Waals surface area contributed by atoms with Gasteiger partial charge in [0.2, 0.25) is 0 Å². The van der Waals surface area contributed by atoms with Gasteiger partial charge in [-0.05, 0) is 43.7 Å². The van der Waals surface area contributed by atoms with Gasteiger partial charge in [0, 0.05) is 11.1 Å². The van der Waals surface area contributed by atoms with Crippen LogP contribution in [0.15, 0.2) is 47.6 Å². The predicted octanol–water partition coefficient (Wildman–Crippen LogP) is 6.54. The molecule has 29 heavy (non-hydrogen) atoms. The molecule has 0 aliphatic heterocycles. The quantitative estimate of drug-likeness (QED) is 0.243. The second-order valence-corrected chi connectivity index (χ2v) is 7.63. The Bertz CT molecular complexity index is 788. The summed E-state index contributed by atoms with van der Waals surface area (Å²) in [5.74, 6) is 0.494. The number of halogens is 1. The van der Waals surface area contributed by atoms with Crippen molar-refractivity contribution in [1.82, 2.24) is 5.43 Å². The van der Waals surface area contributed by atoms with Gasteiger partial charge in [-0.3, -0.25) is 4.79 Å². The highest BCUT2D eigenvalue weighted by Gasteiger charge is 2.04. The lowest BCUT2D eigenvalue weighted by molar-refractivity contribution is 0.0955. The molecule has 2 rings (SSSR count). The minimum absolute atomic E-state index is 0.257. The van der Waals surface area contributed by atoms with Crippen LogP contribution in [0.2, 0.25) is 5.02 Å². The topological polar surface area (TPSA) is 50.7 Å². The fourth-order valence-electron chi connectivity index (χ4n) is 2.88. The Balaban J connectivity index is 1.73. The fourth-order valence-corrected chi connectivity index (χ4v) is 3.10. The van der Waals surface area contributed by atoms with Crippen molar-refractivity contribution in [3.8, 4) is 5.75 Å². The van der Waals surface area contributed by atoms with E-state index in [9.17, 15) is 4.79 Å². The molecule has 5 heteroatoms. The highest BCUT2D eigenvalue weighted by Crippen LogP contribution is 2.21. The van der Waals surface area contributed by atoms with Gasteiger partial charge in [0.1, 0.15) is 5.75 Å². The molecule has 0 unspecified atom stereocenters. The van der Waals surface area contributed by atoms with E-state index < -0.39 is 0 Å². The first kappa shape index (κ1) is 23.0.